The number of hydrogen-bond donors (Lipinski definition) is 1. The minimum absolute atomic E-state index is 0.643. The van der Waals surface area contributed by atoms with E-state index in [0.29, 0.717) is 5.95 Å². The van der Waals surface area contributed by atoms with Crippen LogP contribution in [0.2, 0.25) is 0 Å². The summed E-state index contributed by atoms with van der Waals surface area (Å²) in [6.45, 7) is 1.04. The molecule has 2 aromatic heterocycles. The lowest BCUT2D eigenvalue weighted by Crippen LogP contribution is -2.16. The summed E-state index contributed by atoms with van der Waals surface area (Å²) in [5, 5.41) is 0. The molecule has 2 aliphatic carbocycles. The number of nitrogen functional groups attached to an aromatic ring is 1. The summed E-state index contributed by atoms with van der Waals surface area (Å²) in [6.07, 6.45) is 9.27. The Bertz CT molecular complexity index is 568. The van der Waals surface area contributed by atoms with Crippen LogP contribution in [0.3, 0.4) is 0 Å². The molecule has 4 nitrogen and oxygen atoms in total. The van der Waals surface area contributed by atoms with Crippen LogP contribution in [0.4, 0.5) is 5.95 Å². The van der Waals surface area contributed by atoms with Gasteiger partial charge < -0.3 is 10.3 Å². The zero-order chi connectivity index (χ0) is 12.1. The number of anilines is 1. The first-order valence-corrected chi connectivity index (χ1v) is 6.88. The molecule has 2 fully saturated rings. The molecule has 2 N–H and O–H groups in total. The molecule has 0 aliphatic heterocycles. The van der Waals surface area contributed by atoms with Crippen LogP contribution in [0.15, 0.2) is 18.5 Å². The van der Waals surface area contributed by atoms with Crippen molar-refractivity contribution in [3.05, 3.63) is 18.5 Å². The maximum Gasteiger partial charge on any atom is 0.201 e. The highest BCUT2D eigenvalue weighted by Crippen LogP contribution is 2.50. The largest absolute Gasteiger partial charge is 0.369 e. The Hall–Kier alpha value is -1.58. The molecule has 0 unspecified atom stereocenters. The van der Waals surface area contributed by atoms with Crippen LogP contribution >= 0.6 is 0 Å². The van der Waals surface area contributed by atoms with E-state index in [9.17, 15) is 0 Å². The van der Waals surface area contributed by atoms with Crippen LogP contribution in [-0.2, 0) is 6.54 Å². The lowest BCUT2D eigenvalue weighted by atomic mass is 9.98. The second kappa shape index (κ2) is 3.70. The number of imidazole rings is 1. The van der Waals surface area contributed by atoms with E-state index < -0.39 is 0 Å². The summed E-state index contributed by atoms with van der Waals surface area (Å²) < 4.78 is 2.19. The highest BCUT2D eigenvalue weighted by atomic mass is 15.2. The van der Waals surface area contributed by atoms with Crippen LogP contribution < -0.4 is 5.73 Å². The molecular formula is C14H18N4. The number of rotatable bonds is 4. The van der Waals surface area contributed by atoms with E-state index in [4.69, 9.17) is 5.73 Å². The fraction of sp³-hybridized carbons (Fsp3) is 0.571. The van der Waals surface area contributed by atoms with Gasteiger partial charge in [-0.2, -0.15) is 0 Å². The van der Waals surface area contributed by atoms with Gasteiger partial charge in [-0.3, -0.25) is 4.98 Å². The van der Waals surface area contributed by atoms with Crippen molar-refractivity contribution in [1.82, 2.24) is 14.5 Å². The van der Waals surface area contributed by atoms with Crippen molar-refractivity contribution in [1.29, 1.82) is 0 Å². The number of hydrogen-bond acceptors (Lipinski definition) is 3. The third-order valence-corrected chi connectivity index (χ3v) is 4.43. The zero-order valence-electron chi connectivity index (χ0n) is 10.4. The molecule has 0 atom stereocenters. The third-order valence-electron chi connectivity index (χ3n) is 4.43. The Morgan fingerprint density at radius 3 is 2.67 bits per heavy atom. The lowest BCUT2D eigenvalue weighted by Gasteiger charge is -2.17. The van der Waals surface area contributed by atoms with Gasteiger partial charge in [-0.1, -0.05) is 0 Å². The van der Waals surface area contributed by atoms with E-state index in [0.717, 1.165) is 35.3 Å². The minimum Gasteiger partial charge on any atom is -0.369 e. The molecule has 4 heteroatoms. The maximum atomic E-state index is 6.07. The van der Waals surface area contributed by atoms with Crippen molar-refractivity contribution in [3.8, 4) is 0 Å². The molecule has 18 heavy (non-hydrogen) atoms. The van der Waals surface area contributed by atoms with Gasteiger partial charge in [-0.05, 0) is 49.5 Å². The molecule has 2 heterocycles. The summed E-state index contributed by atoms with van der Waals surface area (Å²) >= 11 is 0. The van der Waals surface area contributed by atoms with Crippen molar-refractivity contribution in [2.75, 3.05) is 5.73 Å². The average molecular weight is 242 g/mol. The predicted molar refractivity (Wildman–Crippen MR) is 70.9 cm³/mol. The predicted octanol–water partition coefficient (Wildman–Crippen LogP) is 2.45. The molecule has 0 spiro atoms. The summed E-state index contributed by atoms with van der Waals surface area (Å²) in [6, 6.07) is 2.02. The van der Waals surface area contributed by atoms with E-state index >= 15 is 0 Å². The quantitative estimate of drug-likeness (QED) is 0.896. The smallest absolute Gasteiger partial charge is 0.201 e. The molecule has 0 saturated heterocycles. The Kier molecular flexibility index (Phi) is 2.13. The Morgan fingerprint density at radius 1 is 1.28 bits per heavy atom. The standard InChI is InChI=1S/C14H18N4/c15-14-17-12-7-16-6-5-13(12)18(14)8-11(9-1-2-9)10-3-4-10/h5-7,9-11H,1-4,8H2,(H2,15,17). The summed E-state index contributed by atoms with van der Waals surface area (Å²) in [5.41, 5.74) is 8.12. The van der Waals surface area contributed by atoms with E-state index in [1.54, 1.807) is 6.20 Å². The van der Waals surface area contributed by atoms with Gasteiger partial charge in [0.15, 0.2) is 0 Å². The SMILES string of the molecule is Nc1nc2cnccc2n1CC(C1CC1)C1CC1. The summed E-state index contributed by atoms with van der Waals surface area (Å²) in [7, 11) is 0. The maximum absolute atomic E-state index is 6.07. The van der Waals surface area contributed by atoms with Crippen molar-refractivity contribution in [2.45, 2.75) is 32.2 Å². The molecule has 0 bridgehead atoms. The molecule has 0 aromatic carbocycles. The Labute approximate surface area is 106 Å². The second-order valence-electron chi connectivity index (χ2n) is 5.78. The first-order chi connectivity index (χ1) is 8.83. The van der Waals surface area contributed by atoms with Crippen LogP contribution in [0, 0.1) is 17.8 Å². The van der Waals surface area contributed by atoms with Gasteiger partial charge in [0.2, 0.25) is 5.95 Å². The van der Waals surface area contributed by atoms with Crippen molar-refractivity contribution >= 4 is 17.0 Å². The first kappa shape index (κ1) is 10.4. The summed E-state index contributed by atoms with van der Waals surface area (Å²) in [4.78, 5) is 8.51. The van der Waals surface area contributed by atoms with Gasteiger partial charge in [-0.15, -0.1) is 0 Å². The molecular weight excluding hydrogens is 224 g/mol. The monoisotopic (exact) mass is 242 g/mol. The van der Waals surface area contributed by atoms with E-state index in [2.05, 4.69) is 14.5 Å². The van der Waals surface area contributed by atoms with Gasteiger partial charge in [-0.25, -0.2) is 4.98 Å². The number of nitrogens with two attached hydrogens (primary N) is 1. The van der Waals surface area contributed by atoms with Gasteiger partial charge >= 0.3 is 0 Å². The molecule has 0 radical (unpaired) electrons. The molecule has 4 rings (SSSR count). The molecule has 2 saturated carbocycles. The number of nitrogens with zero attached hydrogens (tertiary/aromatic N) is 3. The summed E-state index contributed by atoms with van der Waals surface area (Å²) in [5.74, 6) is 3.34. The van der Waals surface area contributed by atoms with Gasteiger partial charge in [0.25, 0.3) is 0 Å². The first-order valence-electron chi connectivity index (χ1n) is 6.88. The fourth-order valence-electron chi connectivity index (χ4n) is 3.13. The highest BCUT2D eigenvalue weighted by molar-refractivity contribution is 5.77. The van der Waals surface area contributed by atoms with E-state index in [-0.39, 0.29) is 0 Å². The number of aromatic nitrogens is 3. The normalized spacial score (nSPS) is 19.8. The second-order valence-corrected chi connectivity index (χ2v) is 5.78. The third kappa shape index (κ3) is 1.67. The molecule has 0 amide bonds. The van der Waals surface area contributed by atoms with Crippen LogP contribution in [-0.4, -0.2) is 14.5 Å². The van der Waals surface area contributed by atoms with Crippen LogP contribution in [0.25, 0.3) is 11.0 Å². The van der Waals surface area contributed by atoms with Crippen LogP contribution in [0.1, 0.15) is 25.7 Å². The Morgan fingerprint density at radius 2 is 2.00 bits per heavy atom. The van der Waals surface area contributed by atoms with Gasteiger partial charge in [0, 0.05) is 12.7 Å². The van der Waals surface area contributed by atoms with E-state index in [1.807, 2.05) is 12.3 Å². The van der Waals surface area contributed by atoms with Crippen LogP contribution in [0.5, 0.6) is 0 Å². The fourth-order valence-corrected chi connectivity index (χ4v) is 3.13. The highest BCUT2D eigenvalue weighted by Gasteiger charge is 2.41. The molecule has 2 aliphatic rings. The number of pyridine rings is 1. The topological polar surface area (TPSA) is 56.7 Å². The minimum atomic E-state index is 0.643. The Balaban J connectivity index is 1.70. The molecule has 2 aromatic rings. The van der Waals surface area contributed by atoms with Gasteiger partial charge in [0.05, 0.1) is 11.7 Å². The van der Waals surface area contributed by atoms with Crippen molar-refractivity contribution in [3.63, 3.8) is 0 Å². The van der Waals surface area contributed by atoms with Gasteiger partial charge in [0.1, 0.15) is 5.52 Å². The molecule has 94 valence electrons. The van der Waals surface area contributed by atoms with Crippen molar-refractivity contribution in [2.24, 2.45) is 17.8 Å². The zero-order valence-corrected chi connectivity index (χ0v) is 10.4. The van der Waals surface area contributed by atoms with Crippen molar-refractivity contribution < 1.29 is 0 Å². The number of fused-ring (bicyclic) bond motifs is 1. The lowest BCUT2D eigenvalue weighted by molar-refractivity contribution is 0.355. The van der Waals surface area contributed by atoms with E-state index in [1.165, 1.54) is 25.7 Å². The average Bonchev–Trinajstić information content (AvgIpc) is 3.25.